The summed E-state index contributed by atoms with van der Waals surface area (Å²) in [5.74, 6) is 1.55. The van der Waals surface area contributed by atoms with E-state index in [1.54, 1.807) is 55.9 Å². The van der Waals surface area contributed by atoms with Crippen molar-refractivity contribution < 1.29 is 19.0 Å². The number of hydrogen-bond donors (Lipinski definition) is 1. The maximum atomic E-state index is 12.8. The average molecular weight is 392 g/mol. The van der Waals surface area contributed by atoms with Gasteiger partial charge in [0, 0.05) is 29.6 Å². The van der Waals surface area contributed by atoms with Crippen molar-refractivity contribution in [1.29, 1.82) is 0 Å². The Bertz CT molecular complexity index is 958. The summed E-state index contributed by atoms with van der Waals surface area (Å²) < 4.78 is 16.8. The molecule has 0 aliphatic rings. The van der Waals surface area contributed by atoms with Crippen molar-refractivity contribution in [3.63, 3.8) is 0 Å². The molecule has 0 aliphatic carbocycles. The van der Waals surface area contributed by atoms with Crippen molar-refractivity contribution in [2.24, 2.45) is 0 Å². The van der Waals surface area contributed by atoms with Crippen LogP contribution in [-0.4, -0.2) is 24.1 Å². The molecule has 3 aromatic rings. The molecule has 0 bridgehead atoms. The van der Waals surface area contributed by atoms with Crippen LogP contribution in [0.25, 0.3) is 0 Å². The summed E-state index contributed by atoms with van der Waals surface area (Å²) in [6, 6.07) is 16.1. The minimum Gasteiger partial charge on any atom is -0.497 e. The number of nitrogens with zero attached hydrogens (tertiary/aromatic N) is 1. The van der Waals surface area contributed by atoms with E-state index >= 15 is 0 Å². The lowest BCUT2D eigenvalue weighted by atomic mass is 10.2. The highest BCUT2D eigenvalue weighted by Crippen LogP contribution is 2.30. The van der Waals surface area contributed by atoms with E-state index < -0.39 is 0 Å². The summed E-state index contributed by atoms with van der Waals surface area (Å²) >= 11 is 0. The predicted molar refractivity (Wildman–Crippen MR) is 112 cm³/mol. The van der Waals surface area contributed by atoms with E-state index in [2.05, 4.69) is 10.3 Å². The molecule has 1 amide bonds. The molecule has 1 heterocycles. The Morgan fingerprint density at radius 3 is 2.66 bits per heavy atom. The number of benzene rings is 2. The number of carbonyl (C=O) groups is 1. The molecule has 2 aromatic carbocycles. The number of rotatable bonds is 8. The molecule has 0 radical (unpaired) electrons. The first-order valence-corrected chi connectivity index (χ1v) is 9.33. The van der Waals surface area contributed by atoms with E-state index in [1.165, 1.54) is 0 Å². The molecule has 0 saturated heterocycles. The van der Waals surface area contributed by atoms with Crippen LogP contribution in [0.2, 0.25) is 0 Å². The molecule has 6 nitrogen and oxygen atoms in total. The van der Waals surface area contributed by atoms with E-state index in [1.807, 2.05) is 32.0 Å². The Hall–Kier alpha value is -3.54. The topological polar surface area (TPSA) is 69.7 Å². The summed E-state index contributed by atoms with van der Waals surface area (Å²) in [6.45, 7) is 4.24. The predicted octanol–water partition coefficient (Wildman–Crippen LogP) is 4.71. The first-order chi connectivity index (χ1) is 14.0. The number of nitrogens with one attached hydrogen (secondary N) is 1. The van der Waals surface area contributed by atoms with Crippen molar-refractivity contribution in [3.8, 4) is 17.2 Å². The van der Waals surface area contributed by atoms with Crippen LogP contribution in [0.5, 0.6) is 17.2 Å². The van der Waals surface area contributed by atoms with Crippen LogP contribution < -0.4 is 19.5 Å². The first-order valence-electron chi connectivity index (χ1n) is 9.33. The fourth-order valence-corrected chi connectivity index (χ4v) is 2.66. The normalized spacial score (nSPS) is 10.5. The second-order valence-electron chi connectivity index (χ2n) is 6.66. The summed E-state index contributed by atoms with van der Waals surface area (Å²) in [4.78, 5) is 16.9. The standard InChI is InChI=1S/C23H24N2O4/c1-16(2)29-22-10-9-19(27-3)13-21(22)25-23(26)18-7-4-8-20(12-18)28-15-17-6-5-11-24-14-17/h4-14,16H,15H2,1-3H3,(H,25,26). The second-order valence-corrected chi connectivity index (χ2v) is 6.66. The molecule has 0 aliphatic heterocycles. The monoisotopic (exact) mass is 392 g/mol. The number of amides is 1. The number of anilines is 1. The summed E-state index contributed by atoms with van der Waals surface area (Å²) in [5.41, 5.74) is 1.98. The van der Waals surface area contributed by atoms with E-state index in [0.29, 0.717) is 35.1 Å². The number of methoxy groups -OCH3 is 1. The van der Waals surface area contributed by atoms with Crippen molar-refractivity contribution in [2.45, 2.75) is 26.6 Å². The van der Waals surface area contributed by atoms with Gasteiger partial charge in [0.25, 0.3) is 5.91 Å². The number of hydrogen-bond acceptors (Lipinski definition) is 5. The smallest absolute Gasteiger partial charge is 0.255 e. The fourth-order valence-electron chi connectivity index (χ4n) is 2.66. The first kappa shape index (κ1) is 20.2. The highest BCUT2D eigenvalue weighted by Gasteiger charge is 2.13. The van der Waals surface area contributed by atoms with Gasteiger partial charge in [0.2, 0.25) is 0 Å². The summed E-state index contributed by atoms with van der Waals surface area (Å²) in [7, 11) is 1.58. The highest BCUT2D eigenvalue weighted by atomic mass is 16.5. The van der Waals surface area contributed by atoms with E-state index in [0.717, 1.165) is 5.56 Å². The van der Waals surface area contributed by atoms with Crippen LogP contribution in [0.15, 0.2) is 67.0 Å². The van der Waals surface area contributed by atoms with Gasteiger partial charge in [0.05, 0.1) is 18.9 Å². The minimum atomic E-state index is -0.265. The van der Waals surface area contributed by atoms with Gasteiger partial charge in [-0.15, -0.1) is 0 Å². The largest absolute Gasteiger partial charge is 0.497 e. The van der Waals surface area contributed by atoms with Gasteiger partial charge in [-0.2, -0.15) is 0 Å². The van der Waals surface area contributed by atoms with Gasteiger partial charge < -0.3 is 19.5 Å². The lowest BCUT2D eigenvalue weighted by molar-refractivity contribution is 0.102. The van der Waals surface area contributed by atoms with Crippen molar-refractivity contribution in [2.75, 3.05) is 12.4 Å². The maximum absolute atomic E-state index is 12.8. The second kappa shape index (κ2) is 9.59. The van der Waals surface area contributed by atoms with Crippen molar-refractivity contribution >= 4 is 11.6 Å². The van der Waals surface area contributed by atoms with E-state index in [9.17, 15) is 4.79 Å². The third kappa shape index (κ3) is 5.72. The van der Waals surface area contributed by atoms with Gasteiger partial charge in [-0.1, -0.05) is 12.1 Å². The fraction of sp³-hybridized carbons (Fsp3) is 0.217. The van der Waals surface area contributed by atoms with Crippen LogP contribution >= 0.6 is 0 Å². The van der Waals surface area contributed by atoms with Crippen LogP contribution in [-0.2, 0) is 6.61 Å². The zero-order valence-electron chi connectivity index (χ0n) is 16.7. The Morgan fingerprint density at radius 1 is 1.07 bits per heavy atom. The van der Waals surface area contributed by atoms with E-state index in [-0.39, 0.29) is 12.0 Å². The van der Waals surface area contributed by atoms with Crippen LogP contribution in [0.3, 0.4) is 0 Å². The number of carbonyl (C=O) groups excluding carboxylic acids is 1. The Balaban J connectivity index is 1.74. The van der Waals surface area contributed by atoms with Gasteiger partial charge in [-0.3, -0.25) is 9.78 Å². The molecule has 0 unspecified atom stereocenters. The summed E-state index contributed by atoms with van der Waals surface area (Å²) in [6.07, 6.45) is 3.43. The lowest BCUT2D eigenvalue weighted by Crippen LogP contribution is -2.14. The maximum Gasteiger partial charge on any atom is 0.255 e. The van der Waals surface area contributed by atoms with Crippen LogP contribution in [0.1, 0.15) is 29.8 Å². The summed E-state index contributed by atoms with van der Waals surface area (Å²) in [5, 5.41) is 2.90. The lowest BCUT2D eigenvalue weighted by Gasteiger charge is -2.16. The molecule has 150 valence electrons. The SMILES string of the molecule is COc1ccc(OC(C)C)c(NC(=O)c2cccc(OCc3cccnc3)c2)c1. The number of pyridine rings is 1. The third-order valence-electron chi connectivity index (χ3n) is 4.02. The van der Waals surface area contributed by atoms with Gasteiger partial charge in [-0.25, -0.2) is 0 Å². The highest BCUT2D eigenvalue weighted by molar-refractivity contribution is 6.05. The molecule has 6 heteroatoms. The number of ether oxygens (including phenoxy) is 3. The molecule has 0 atom stereocenters. The van der Waals surface area contributed by atoms with E-state index in [4.69, 9.17) is 14.2 Å². The van der Waals surface area contributed by atoms with Crippen LogP contribution in [0, 0.1) is 0 Å². The zero-order chi connectivity index (χ0) is 20.6. The molecule has 1 N–H and O–H groups in total. The molecular weight excluding hydrogens is 368 g/mol. The Kier molecular flexibility index (Phi) is 6.68. The number of aromatic nitrogens is 1. The van der Waals surface area contributed by atoms with Gasteiger partial charge in [0.1, 0.15) is 23.9 Å². The average Bonchev–Trinajstić information content (AvgIpc) is 2.74. The Labute approximate surface area is 170 Å². The molecule has 1 aromatic heterocycles. The minimum absolute atomic E-state index is 0.0248. The van der Waals surface area contributed by atoms with Gasteiger partial charge in [0.15, 0.2) is 0 Å². The molecule has 3 rings (SSSR count). The van der Waals surface area contributed by atoms with Gasteiger partial charge in [-0.05, 0) is 50.2 Å². The molecule has 0 spiro atoms. The molecule has 29 heavy (non-hydrogen) atoms. The third-order valence-corrected chi connectivity index (χ3v) is 4.02. The van der Waals surface area contributed by atoms with Gasteiger partial charge >= 0.3 is 0 Å². The zero-order valence-corrected chi connectivity index (χ0v) is 16.7. The molecular formula is C23H24N2O4. The molecule has 0 fully saturated rings. The van der Waals surface area contributed by atoms with Crippen molar-refractivity contribution in [3.05, 3.63) is 78.1 Å². The Morgan fingerprint density at radius 2 is 1.93 bits per heavy atom. The quantitative estimate of drug-likeness (QED) is 0.601. The van der Waals surface area contributed by atoms with Crippen LogP contribution in [0.4, 0.5) is 5.69 Å². The van der Waals surface area contributed by atoms with Crippen molar-refractivity contribution in [1.82, 2.24) is 4.98 Å². The molecule has 0 saturated carbocycles.